The Hall–Kier alpha value is -2.31. The smallest absolute Gasteiger partial charge is 0.254 e. The summed E-state index contributed by atoms with van der Waals surface area (Å²) in [6.45, 7) is 1.26. The molecular formula is C19H19ClFNO4. The quantitative estimate of drug-likeness (QED) is 0.770. The standard InChI is InChI=1S/C19H19ClFNO4/c1-24-17-6-4-12(7-18(17)25-2)19(23)22-9-15(10-22)26-11-13-3-5-14(21)8-16(13)20/h3-8,15H,9-11H2,1-2H3. The highest BCUT2D eigenvalue weighted by Gasteiger charge is 2.32. The second-order valence-electron chi connectivity index (χ2n) is 5.95. The molecule has 1 heterocycles. The fourth-order valence-corrected chi connectivity index (χ4v) is 2.93. The van der Waals surface area contributed by atoms with Crippen molar-refractivity contribution in [2.45, 2.75) is 12.7 Å². The maximum Gasteiger partial charge on any atom is 0.254 e. The third-order valence-electron chi connectivity index (χ3n) is 4.26. The molecule has 0 bridgehead atoms. The second-order valence-corrected chi connectivity index (χ2v) is 6.36. The Balaban J connectivity index is 1.53. The molecule has 0 aromatic heterocycles. The average Bonchev–Trinajstić information content (AvgIpc) is 2.61. The lowest BCUT2D eigenvalue weighted by molar-refractivity contribution is -0.0503. The number of carbonyl (C=O) groups is 1. The Labute approximate surface area is 156 Å². The summed E-state index contributed by atoms with van der Waals surface area (Å²) < 4.78 is 29.2. The van der Waals surface area contributed by atoms with Crippen LogP contribution in [-0.4, -0.2) is 44.2 Å². The number of hydrogen-bond donors (Lipinski definition) is 0. The Morgan fingerprint density at radius 3 is 2.54 bits per heavy atom. The lowest BCUT2D eigenvalue weighted by Crippen LogP contribution is -2.54. The van der Waals surface area contributed by atoms with Crippen molar-refractivity contribution in [3.05, 3.63) is 58.4 Å². The Morgan fingerprint density at radius 1 is 1.15 bits per heavy atom. The lowest BCUT2D eigenvalue weighted by atomic mass is 10.1. The van der Waals surface area contributed by atoms with Gasteiger partial charge < -0.3 is 19.1 Å². The number of amides is 1. The first-order chi connectivity index (χ1) is 12.5. The van der Waals surface area contributed by atoms with Gasteiger partial charge in [-0.05, 0) is 35.9 Å². The Kier molecular flexibility index (Phi) is 5.64. The molecule has 1 aliphatic rings. The van der Waals surface area contributed by atoms with E-state index in [9.17, 15) is 9.18 Å². The van der Waals surface area contributed by atoms with Crippen molar-refractivity contribution in [1.82, 2.24) is 4.90 Å². The Morgan fingerprint density at radius 2 is 1.88 bits per heavy atom. The van der Waals surface area contributed by atoms with Crippen LogP contribution in [0.2, 0.25) is 5.02 Å². The van der Waals surface area contributed by atoms with Crippen LogP contribution in [-0.2, 0) is 11.3 Å². The van der Waals surface area contributed by atoms with E-state index in [1.165, 1.54) is 19.2 Å². The van der Waals surface area contributed by atoms with E-state index >= 15 is 0 Å². The normalized spacial score (nSPS) is 14.1. The number of methoxy groups -OCH3 is 2. The first kappa shape index (κ1) is 18.5. The van der Waals surface area contributed by atoms with Gasteiger partial charge in [0.2, 0.25) is 0 Å². The molecule has 26 heavy (non-hydrogen) atoms. The SMILES string of the molecule is COc1ccc(C(=O)N2CC(OCc3ccc(F)cc3Cl)C2)cc1OC. The van der Waals surface area contributed by atoms with Crippen LogP contribution in [0.5, 0.6) is 11.5 Å². The van der Waals surface area contributed by atoms with Gasteiger partial charge in [-0.2, -0.15) is 0 Å². The van der Waals surface area contributed by atoms with Crippen molar-refractivity contribution in [2.75, 3.05) is 27.3 Å². The number of ether oxygens (including phenoxy) is 3. The van der Waals surface area contributed by atoms with Gasteiger partial charge in [0, 0.05) is 23.7 Å². The first-order valence-electron chi connectivity index (χ1n) is 8.08. The molecule has 3 rings (SSSR count). The van der Waals surface area contributed by atoms with Gasteiger partial charge in [-0.15, -0.1) is 0 Å². The lowest BCUT2D eigenvalue weighted by Gasteiger charge is -2.39. The molecule has 1 saturated heterocycles. The highest BCUT2D eigenvalue weighted by Crippen LogP contribution is 2.29. The summed E-state index contributed by atoms with van der Waals surface area (Å²) in [6, 6.07) is 9.27. The van der Waals surface area contributed by atoms with Gasteiger partial charge in [0.25, 0.3) is 5.91 Å². The van der Waals surface area contributed by atoms with Crippen molar-refractivity contribution in [1.29, 1.82) is 0 Å². The fraction of sp³-hybridized carbons (Fsp3) is 0.316. The van der Waals surface area contributed by atoms with Crippen LogP contribution < -0.4 is 9.47 Å². The molecule has 0 unspecified atom stereocenters. The molecule has 7 heteroatoms. The highest BCUT2D eigenvalue weighted by molar-refractivity contribution is 6.31. The van der Waals surface area contributed by atoms with Gasteiger partial charge in [-0.3, -0.25) is 4.79 Å². The maximum atomic E-state index is 13.0. The molecule has 0 N–H and O–H groups in total. The summed E-state index contributed by atoms with van der Waals surface area (Å²) in [4.78, 5) is 14.2. The molecule has 2 aromatic carbocycles. The van der Waals surface area contributed by atoms with Crippen molar-refractivity contribution in [3.63, 3.8) is 0 Å². The van der Waals surface area contributed by atoms with E-state index < -0.39 is 0 Å². The zero-order valence-corrected chi connectivity index (χ0v) is 15.3. The summed E-state index contributed by atoms with van der Waals surface area (Å²) in [7, 11) is 3.07. The largest absolute Gasteiger partial charge is 0.493 e. The van der Waals surface area contributed by atoms with E-state index in [2.05, 4.69) is 0 Å². The predicted molar refractivity (Wildman–Crippen MR) is 95.4 cm³/mol. The van der Waals surface area contributed by atoms with Crippen LogP contribution in [0, 0.1) is 5.82 Å². The van der Waals surface area contributed by atoms with E-state index in [1.807, 2.05) is 0 Å². The van der Waals surface area contributed by atoms with Crippen LogP contribution in [0.4, 0.5) is 4.39 Å². The van der Waals surface area contributed by atoms with Crippen molar-refractivity contribution in [2.24, 2.45) is 0 Å². The molecule has 0 spiro atoms. The second kappa shape index (κ2) is 7.93. The van der Waals surface area contributed by atoms with E-state index in [-0.39, 0.29) is 24.4 Å². The molecule has 1 amide bonds. The van der Waals surface area contributed by atoms with Crippen molar-refractivity contribution >= 4 is 17.5 Å². The van der Waals surface area contributed by atoms with E-state index in [0.29, 0.717) is 35.2 Å². The zero-order chi connectivity index (χ0) is 18.7. The van der Waals surface area contributed by atoms with Gasteiger partial charge in [-0.25, -0.2) is 4.39 Å². The molecule has 2 aromatic rings. The van der Waals surface area contributed by atoms with Gasteiger partial charge in [0.1, 0.15) is 5.82 Å². The monoisotopic (exact) mass is 379 g/mol. The summed E-state index contributed by atoms with van der Waals surface area (Å²) >= 11 is 5.98. The average molecular weight is 380 g/mol. The zero-order valence-electron chi connectivity index (χ0n) is 14.5. The number of nitrogens with zero attached hydrogens (tertiary/aromatic N) is 1. The minimum atomic E-state index is -0.380. The van der Waals surface area contributed by atoms with Crippen LogP contribution in [0.25, 0.3) is 0 Å². The third kappa shape index (κ3) is 3.92. The first-order valence-corrected chi connectivity index (χ1v) is 8.46. The summed E-state index contributed by atoms with van der Waals surface area (Å²) in [6.07, 6.45) is -0.0692. The van der Waals surface area contributed by atoms with E-state index in [4.69, 9.17) is 25.8 Å². The van der Waals surface area contributed by atoms with Crippen LogP contribution in [0.1, 0.15) is 15.9 Å². The number of likely N-dealkylation sites (tertiary alicyclic amines) is 1. The van der Waals surface area contributed by atoms with Gasteiger partial charge >= 0.3 is 0 Å². The van der Waals surface area contributed by atoms with E-state index in [0.717, 1.165) is 5.56 Å². The molecule has 1 fully saturated rings. The third-order valence-corrected chi connectivity index (χ3v) is 4.61. The maximum absolute atomic E-state index is 13.0. The van der Waals surface area contributed by atoms with Crippen molar-refractivity contribution in [3.8, 4) is 11.5 Å². The minimum absolute atomic E-state index is 0.0692. The molecule has 1 aliphatic heterocycles. The topological polar surface area (TPSA) is 48.0 Å². The molecule has 138 valence electrons. The Bertz CT molecular complexity index is 808. The van der Waals surface area contributed by atoms with E-state index in [1.54, 1.807) is 36.3 Å². The molecule has 0 saturated carbocycles. The summed E-state index contributed by atoms with van der Waals surface area (Å²) in [5, 5.41) is 0.336. The van der Waals surface area contributed by atoms with Gasteiger partial charge in [0.15, 0.2) is 11.5 Å². The summed E-state index contributed by atoms with van der Waals surface area (Å²) in [5.74, 6) is 0.613. The number of halogens is 2. The fourth-order valence-electron chi connectivity index (χ4n) is 2.71. The van der Waals surface area contributed by atoms with Crippen LogP contribution in [0.3, 0.4) is 0 Å². The molecule has 0 aliphatic carbocycles. The minimum Gasteiger partial charge on any atom is -0.493 e. The molecular weight excluding hydrogens is 361 g/mol. The number of carbonyl (C=O) groups excluding carboxylic acids is 1. The number of rotatable bonds is 6. The van der Waals surface area contributed by atoms with Crippen LogP contribution >= 0.6 is 11.6 Å². The molecule has 0 atom stereocenters. The van der Waals surface area contributed by atoms with Gasteiger partial charge in [-0.1, -0.05) is 17.7 Å². The number of hydrogen-bond acceptors (Lipinski definition) is 4. The van der Waals surface area contributed by atoms with Crippen LogP contribution in [0.15, 0.2) is 36.4 Å². The predicted octanol–water partition coefficient (Wildman–Crippen LogP) is 3.54. The summed E-state index contributed by atoms with van der Waals surface area (Å²) in [5.41, 5.74) is 1.25. The van der Waals surface area contributed by atoms with Gasteiger partial charge in [0.05, 0.1) is 26.9 Å². The highest BCUT2D eigenvalue weighted by atomic mass is 35.5. The number of benzene rings is 2. The molecule has 5 nitrogen and oxygen atoms in total. The molecule has 0 radical (unpaired) electrons. The van der Waals surface area contributed by atoms with Crippen molar-refractivity contribution < 1.29 is 23.4 Å².